The van der Waals surface area contributed by atoms with Crippen molar-refractivity contribution in [3.63, 3.8) is 0 Å². The molecule has 1 fully saturated rings. The molecule has 5 heteroatoms. The van der Waals surface area contributed by atoms with E-state index in [2.05, 4.69) is 16.2 Å². The molecular formula is C12H24N2O2S. The first-order valence-corrected chi connectivity index (χ1v) is 8.10. The zero-order valence-electron chi connectivity index (χ0n) is 10.9. The number of hydrogen-bond donors (Lipinski definition) is 1. The fourth-order valence-electron chi connectivity index (χ4n) is 2.35. The van der Waals surface area contributed by atoms with E-state index >= 15 is 0 Å². The lowest BCUT2D eigenvalue weighted by Crippen LogP contribution is -2.42. The van der Waals surface area contributed by atoms with Gasteiger partial charge < -0.3 is 0 Å². The van der Waals surface area contributed by atoms with Crippen molar-refractivity contribution in [1.82, 2.24) is 9.62 Å². The Labute approximate surface area is 105 Å². The molecule has 0 aromatic rings. The predicted octanol–water partition coefficient (Wildman–Crippen LogP) is 1.36. The zero-order valence-corrected chi connectivity index (χ0v) is 11.7. The van der Waals surface area contributed by atoms with Crippen molar-refractivity contribution < 1.29 is 8.42 Å². The van der Waals surface area contributed by atoms with E-state index in [0.29, 0.717) is 12.6 Å². The average molecular weight is 260 g/mol. The Morgan fingerprint density at radius 2 is 2.18 bits per heavy atom. The Morgan fingerprint density at radius 3 is 2.76 bits per heavy atom. The lowest BCUT2D eigenvalue weighted by molar-refractivity contribution is 0.154. The van der Waals surface area contributed by atoms with Crippen LogP contribution in [0.4, 0.5) is 0 Å². The molecule has 0 radical (unpaired) electrons. The predicted molar refractivity (Wildman–Crippen MR) is 71.5 cm³/mol. The maximum atomic E-state index is 11.0. The van der Waals surface area contributed by atoms with Gasteiger partial charge in [0.2, 0.25) is 10.0 Å². The van der Waals surface area contributed by atoms with Crippen LogP contribution in [0, 0.1) is 0 Å². The molecule has 1 saturated heterocycles. The minimum Gasteiger partial charge on any atom is -0.296 e. The maximum Gasteiger partial charge on any atom is 0.208 e. The summed E-state index contributed by atoms with van der Waals surface area (Å²) in [5, 5.41) is 0. The first-order chi connectivity index (χ1) is 7.88. The molecule has 0 spiro atoms. The van der Waals surface area contributed by atoms with Gasteiger partial charge in [-0.2, -0.15) is 0 Å². The standard InChI is InChI=1S/C12H24N2O2S/c1-11(2)10-14-9-5-4-6-12(14)7-8-13-17(3,15)16/h12-13H,1,4-10H2,2-3H3. The largest absolute Gasteiger partial charge is 0.296 e. The molecule has 0 aliphatic carbocycles. The third kappa shape index (κ3) is 6.19. The van der Waals surface area contributed by atoms with Crippen molar-refractivity contribution in [2.75, 3.05) is 25.9 Å². The van der Waals surface area contributed by atoms with Crippen molar-refractivity contribution in [2.24, 2.45) is 0 Å². The summed E-state index contributed by atoms with van der Waals surface area (Å²) >= 11 is 0. The van der Waals surface area contributed by atoms with Crippen molar-refractivity contribution in [1.29, 1.82) is 0 Å². The van der Waals surface area contributed by atoms with Crippen molar-refractivity contribution in [3.8, 4) is 0 Å². The number of nitrogens with one attached hydrogen (secondary N) is 1. The monoisotopic (exact) mass is 260 g/mol. The minimum atomic E-state index is -3.05. The summed E-state index contributed by atoms with van der Waals surface area (Å²) in [5.74, 6) is 0. The molecule has 1 rings (SSSR count). The van der Waals surface area contributed by atoms with E-state index in [4.69, 9.17) is 0 Å². The van der Waals surface area contributed by atoms with E-state index in [1.807, 2.05) is 6.92 Å². The van der Waals surface area contributed by atoms with Crippen LogP contribution in [0.1, 0.15) is 32.6 Å². The molecule has 17 heavy (non-hydrogen) atoms. The SMILES string of the molecule is C=C(C)CN1CCCCC1CCNS(C)(=O)=O. The maximum absolute atomic E-state index is 11.0. The smallest absolute Gasteiger partial charge is 0.208 e. The fraction of sp³-hybridized carbons (Fsp3) is 0.833. The average Bonchev–Trinajstić information content (AvgIpc) is 2.18. The summed E-state index contributed by atoms with van der Waals surface area (Å²) in [7, 11) is -3.05. The van der Waals surface area contributed by atoms with Gasteiger partial charge in [-0.15, -0.1) is 0 Å². The first-order valence-electron chi connectivity index (χ1n) is 6.21. The van der Waals surface area contributed by atoms with Gasteiger partial charge >= 0.3 is 0 Å². The van der Waals surface area contributed by atoms with Crippen LogP contribution in [0.2, 0.25) is 0 Å². The molecule has 4 nitrogen and oxygen atoms in total. The second-order valence-corrected chi connectivity index (χ2v) is 6.87. The van der Waals surface area contributed by atoms with Crippen molar-refractivity contribution in [3.05, 3.63) is 12.2 Å². The number of piperidine rings is 1. The van der Waals surface area contributed by atoms with Gasteiger partial charge in [0.05, 0.1) is 6.26 Å². The van der Waals surface area contributed by atoms with E-state index in [-0.39, 0.29) is 0 Å². The number of sulfonamides is 1. The molecule has 1 aliphatic rings. The summed E-state index contributed by atoms with van der Waals surface area (Å²) in [6.45, 7) is 8.57. The highest BCUT2D eigenvalue weighted by molar-refractivity contribution is 7.88. The van der Waals surface area contributed by atoms with Crippen LogP contribution < -0.4 is 4.72 Å². The number of hydrogen-bond acceptors (Lipinski definition) is 3. The molecule has 0 aromatic heterocycles. The van der Waals surface area contributed by atoms with Gasteiger partial charge in [0.1, 0.15) is 0 Å². The lowest BCUT2D eigenvalue weighted by atomic mass is 9.99. The molecule has 100 valence electrons. The van der Waals surface area contributed by atoms with Crippen molar-refractivity contribution in [2.45, 2.75) is 38.6 Å². The molecule has 1 atom stereocenters. The van der Waals surface area contributed by atoms with E-state index in [1.165, 1.54) is 31.1 Å². The van der Waals surface area contributed by atoms with E-state index in [0.717, 1.165) is 19.5 Å². The molecule has 1 N–H and O–H groups in total. The number of nitrogens with zero attached hydrogens (tertiary/aromatic N) is 1. The molecule has 0 saturated carbocycles. The molecule has 1 heterocycles. The van der Waals surface area contributed by atoms with Gasteiger partial charge in [-0.05, 0) is 32.7 Å². The van der Waals surface area contributed by atoms with E-state index in [1.54, 1.807) is 0 Å². The van der Waals surface area contributed by atoms with Crippen LogP contribution >= 0.6 is 0 Å². The Morgan fingerprint density at radius 1 is 1.47 bits per heavy atom. The van der Waals surface area contributed by atoms with Gasteiger partial charge in [-0.1, -0.05) is 18.6 Å². The molecule has 0 aromatic carbocycles. The van der Waals surface area contributed by atoms with Crippen LogP contribution in [-0.2, 0) is 10.0 Å². The van der Waals surface area contributed by atoms with E-state index in [9.17, 15) is 8.42 Å². The topological polar surface area (TPSA) is 49.4 Å². The Kier molecular flexibility index (Phi) is 5.62. The van der Waals surface area contributed by atoms with Gasteiger partial charge in [-0.25, -0.2) is 13.1 Å². The Hall–Kier alpha value is -0.390. The second kappa shape index (κ2) is 6.52. The normalized spacial score (nSPS) is 22.6. The summed E-state index contributed by atoms with van der Waals surface area (Å²) < 4.78 is 24.6. The van der Waals surface area contributed by atoms with Crippen LogP contribution in [-0.4, -0.2) is 45.2 Å². The summed E-state index contributed by atoms with van der Waals surface area (Å²) in [5.41, 5.74) is 1.17. The molecule has 1 unspecified atom stereocenters. The number of likely N-dealkylation sites (tertiary alicyclic amines) is 1. The highest BCUT2D eigenvalue weighted by Crippen LogP contribution is 2.20. The van der Waals surface area contributed by atoms with Crippen LogP contribution in [0.15, 0.2) is 12.2 Å². The molecule has 0 bridgehead atoms. The first kappa shape index (κ1) is 14.7. The summed E-state index contributed by atoms with van der Waals surface area (Å²) in [4.78, 5) is 2.43. The fourth-order valence-corrected chi connectivity index (χ4v) is 2.84. The van der Waals surface area contributed by atoms with Crippen LogP contribution in [0.3, 0.4) is 0 Å². The molecular weight excluding hydrogens is 236 g/mol. The quantitative estimate of drug-likeness (QED) is 0.734. The lowest BCUT2D eigenvalue weighted by Gasteiger charge is -2.36. The van der Waals surface area contributed by atoms with Crippen molar-refractivity contribution >= 4 is 10.0 Å². The summed E-state index contributed by atoms with van der Waals surface area (Å²) in [6, 6.07) is 0.495. The van der Waals surface area contributed by atoms with E-state index < -0.39 is 10.0 Å². The number of rotatable bonds is 6. The minimum absolute atomic E-state index is 0.495. The summed E-state index contributed by atoms with van der Waals surface area (Å²) in [6.07, 6.45) is 5.75. The second-order valence-electron chi connectivity index (χ2n) is 5.03. The van der Waals surface area contributed by atoms with Crippen LogP contribution in [0.25, 0.3) is 0 Å². The third-order valence-corrected chi connectivity index (χ3v) is 3.79. The highest BCUT2D eigenvalue weighted by Gasteiger charge is 2.21. The Balaban J connectivity index is 2.40. The third-order valence-electron chi connectivity index (χ3n) is 3.06. The zero-order chi connectivity index (χ0) is 12.9. The van der Waals surface area contributed by atoms with Gasteiger partial charge in [-0.3, -0.25) is 4.90 Å². The Bertz CT molecular complexity index is 352. The molecule has 1 aliphatic heterocycles. The molecule has 0 amide bonds. The highest BCUT2D eigenvalue weighted by atomic mass is 32.2. The van der Waals surface area contributed by atoms with Crippen LogP contribution in [0.5, 0.6) is 0 Å². The van der Waals surface area contributed by atoms with Gasteiger partial charge in [0.15, 0.2) is 0 Å². The van der Waals surface area contributed by atoms with Gasteiger partial charge in [0.25, 0.3) is 0 Å². The van der Waals surface area contributed by atoms with Gasteiger partial charge in [0, 0.05) is 19.1 Å².